The maximum Gasteiger partial charge on any atom is 0.220 e. The van der Waals surface area contributed by atoms with Crippen molar-refractivity contribution >= 4 is 17.2 Å². The van der Waals surface area contributed by atoms with Gasteiger partial charge in [-0.3, -0.25) is 9.48 Å². The molecule has 0 aromatic carbocycles. The number of thiophene rings is 1. The molecule has 1 fully saturated rings. The lowest BCUT2D eigenvalue weighted by atomic mass is 9.76. The highest BCUT2D eigenvalue weighted by Crippen LogP contribution is 2.39. The van der Waals surface area contributed by atoms with Crippen LogP contribution in [-0.2, 0) is 11.3 Å². The van der Waals surface area contributed by atoms with Crippen molar-refractivity contribution < 1.29 is 9.90 Å². The molecule has 1 atom stereocenters. The summed E-state index contributed by atoms with van der Waals surface area (Å²) in [4.78, 5) is 13.5. The Morgan fingerprint density at radius 3 is 2.88 bits per heavy atom. The number of nitrogens with zero attached hydrogens (tertiary/aromatic N) is 2. The molecule has 1 saturated carbocycles. The summed E-state index contributed by atoms with van der Waals surface area (Å²) in [6, 6.07) is 6.16. The molecule has 24 heavy (non-hydrogen) atoms. The Morgan fingerprint density at radius 2 is 2.29 bits per heavy atom. The minimum absolute atomic E-state index is 0.0367. The molecule has 0 unspecified atom stereocenters. The molecule has 3 rings (SSSR count). The van der Waals surface area contributed by atoms with Crippen molar-refractivity contribution in [2.75, 3.05) is 0 Å². The first-order valence-corrected chi connectivity index (χ1v) is 9.43. The Balaban J connectivity index is 1.51. The predicted molar refractivity (Wildman–Crippen MR) is 94.9 cm³/mol. The number of aliphatic hydroxyl groups excluding tert-OH is 1. The van der Waals surface area contributed by atoms with Crippen LogP contribution in [-0.4, -0.2) is 26.9 Å². The minimum atomic E-state index is -0.208. The molecule has 0 radical (unpaired) electrons. The standard InChI is InChI=1S/C18H25N3O2S/c1-12-9-13(2)21(20-12)7-3-6-17(23)19-18(14-10-15(22)11-14)16-5-4-8-24-16/h4-5,8-9,14-15,18,22H,3,6-7,10-11H2,1-2H3,(H,19,23)/t14?,15?,18-/m1/s1. The molecule has 1 aliphatic rings. The first-order valence-electron chi connectivity index (χ1n) is 8.55. The van der Waals surface area contributed by atoms with Crippen LogP contribution in [0.2, 0.25) is 0 Å². The smallest absolute Gasteiger partial charge is 0.220 e. The highest BCUT2D eigenvalue weighted by atomic mass is 32.1. The van der Waals surface area contributed by atoms with Gasteiger partial charge in [0.25, 0.3) is 0 Å². The number of aliphatic hydroxyl groups is 1. The lowest BCUT2D eigenvalue weighted by molar-refractivity contribution is -0.123. The topological polar surface area (TPSA) is 67.2 Å². The number of rotatable bonds is 7. The van der Waals surface area contributed by atoms with Gasteiger partial charge in [-0.25, -0.2) is 0 Å². The van der Waals surface area contributed by atoms with Crippen molar-refractivity contribution in [1.29, 1.82) is 0 Å². The van der Waals surface area contributed by atoms with Gasteiger partial charge >= 0.3 is 0 Å². The van der Waals surface area contributed by atoms with Gasteiger partial charge in [0, 0.05) is 23.5 Å². The van der Waals surface area contributed by atoms with E-state index in [1.165, 1.54) is 4.88 Å². The van der Waals surface area contributed by atoms with Crippen LogP contribution in [0.15, 0.2) is 23.6 Å². The van der Waals surface area contributed by atoms with Crippen LogP contribution < -0.4 is 5.32 Å². The van der Waals surface area contributed by atoms with Crippen LogP contribution in [0.3, 0.4) is 0 Å². The van der Waals surface area contributed by atoms with Crippen molar-refractivity contribution in [1.82, 2.24) is 15.1 Å². The maximum absolute atomic E-state index is 12.4. The fraction of sp³-hybridized carbons (Fsp3) is 0.556. The van der Waals surface area contributed by atoms with Gasteiger partial charge in [0.1, 0.15) is 0 Å². The van der Waals surface area contributed by atoms with Crippen molar-refractivity contribution in [3.05, 3.63) is 39.8 Å². The molecule has 5 nitrogen and oxygen atoms in total. The van der Waals surface area contributed by atoms with Gasteiger partial charge in [0.2, 0.25) is 5.91 Å². The third-order valence-electron chi connectivity index (χ3n) is 4.66. The number of aromatic nitrogens is 2. The molecule has 2 aromatic rings. The Labute approximate surface area is 146 Å². The molecule has 0 aliphatic heterocycles. The molecule has 6 heteroatoms. The molecule has 0 saturated heterocycles. The average Bonchev–Trinajstić information content (AvgIpc) is 3.12. The zero-order valence-corrected chi connectivity index (χ0v) is 15.1. The Kier molecular flexibility index (Phi) is 5.36. The molecule has 2 heterocycles. The van der Waals surface area contributed by atoms with Crippen LogP contribution in [0.5, 0.6) is 0 Å². The van der Waals surface area contributed by atoms with E-state index in [1.54, 1.807) is 11.3 Å². The van der Waals surface area contributed by atoms with Crippen molar-refractivity contribution in [2.24, 2.45) is 5.92 Å². The summed E-state index contributed by atoms with van der Waals surface area (Å²) in [5.41, 5.74) is 2.14. The predicted octanol–water partition coefficient (Wildman–Crippen LogP) is 2.97. The Morgan fingerprint density at radius 1 is 1.50 bits per heavy atom. The zero-order valence-electron chi connectivity index (χ0n) is 14.2. The molecule has 0 spiro atoms. The summed E-state index contributed by atoms with van der Waals surface area (Å²) >= 11 is 1.67. The highest BCUT2D eigenvalue weighted by molar-refractivity contribution is 7.10. The monoisotopic (exact) mass is 347 g/mol. The first kappa shape index (κ1) is 17.2. The number of amides is 1. The first-order chi connectivity index (χ1) is 11.5. The Bertz CT molecular complexity index is 675. The van der Waals surface area contributed by atoms with E-state index in [0.717, 1.165) is 37.2 Å². The van der Waals surface area contributed by atoms with Gasteiger partial charge in [-0.1, -0.05) is 6.07 Å². The number of carbonyl (C=O) groups is 1. The van der Waals surface area contributed by atoms with E-state index in [2.05, 4.69) is 22.5 Å². The van der Waals surface area contributed by atoms with Gasteiger partial charge < -0.3 is 10.4 Å². The van der Waals surface area contributed by atoms with E-state index in [0.29, 0.717) is 12.3 Å². The van der Waals surface area contributed by atoms with Crippen molar-refractivity contribution in [3.63, 3.8) is 0 Å². The fourth-order valence-corrected chi connectivity index (χ4v) is 4.20. The maximum atomic E-state index is 12.4. The lowest BCUT2D eigenvalue weighted by Gasteiger charge is -2.37. The van der Waals surface area contributed by atoms with Gasteiger partial charge in [-0.05, 0) is 56.5 Å². The second kappa shape index (κ2) is 7.49. The molecule has 0 bridgehead atoms. The molecule has 2 aromatic heterocycles. The summed E-state index contributed by atoms with van der Waals surface area (Å²) in [5, 5.41) is 19.2. The fourth-order valence-electron chi connectivity index (χ4n) is 3.33. The largest absolute Gasteiger partial charge is 0.393 e. The van der Waals surface area contributed by atoms with Crippen LogP contribution >= 0.6 is 11.3 Å². The van der Waals surface area contributed by atoms with E-state index in [1.807, 2.05) is 30.0 Å². The zero-order chi connectivity index (χ0) is 17.1. The SMILES string of the molecule is Cc1cc(C)n(CCCC(=O)N[C@@H](c2cccs2)C2CC(O)C2)n1. The van der Waals surface area contributed by atoms with Crippen molar-refractivity contribution in [3.8, 4) is 0 Å². The number of hydrogen-bond acceptors (Lipinski definition) is 4. The molecule has 1 amide bonds. The van der Waals surface area contributed by atoms with Gasteiger partial charge in [0.05, 0.1) is 17.8 Å². The van der Waals surface area contributed by atoms with Crippen molar-refractivity contribution in [2.45, 2.75) is 58.2 Å². The van der Waals surface area contributed by atoms with Gasteiger partial charge in [0.15, 0.2) is 0 Å². The molecule has 130 valence electrons. The summed E-state index contributed by atoms with van der Waals surface area (Å²) in [7, 11) is 0. The third-order valence-corrected chi connectivity index (χ3v) is 5.62. The van der Waals surface area contributed by atoms with E-state index in [9.17, 15) is 9.90 Å². The molecular formula is C18H25N3O2S. The van der Waals surface area contributed by atoms with E-state index in [-0.39, 0.29) is 18.1 Å². The second-order valence-electron chi connectivity index (χ2n) is 6.70. The van der Waals surface area contributed by atoms with E-state index >= 15 is 0 Å². The quantitative estimate of drug-likeness (QED) is 0.809. The van der Waals surface area contributed by atoms with Crippen LogP contribution in [0.1, 0.15) is 48.0 Å². The van der Waals surface area contributed by atoms with E-state index in [4.69, 9.17) is 0 Å². The number of hydrogen-bond donors (Lipinski definition) is 2. The second-order valence-corrected chi connectivity index (χ2v) is 7.68. The summed E-state index contributed by atoms with van der Waals surface area (Å²) in [6.45, 7) is 4.78. The Hall–Kier alpha value is -1.66. The van der Waals surface area contributed by atoms with Crippen LogP contribution in [0.4, 0.5) is 0 Å². The van der Waals surface area contributed by atoms with Crippen LogP contribution in [0.25, 0.3) is 0 Å². The molecular weight excluding hydrogens is 322 g/mol. The lowest BCUT2D eigenvalue weighted by Crippen LogP contribution is -2.41. The number of carbonyl (C=O) groups excluding carboxylic acids is 1. The average molecular weight is 347 g/mol. The summed E-state index contributed by atoms with van der Waals surface area (Å²) < 4.78 is 1.96. The summed E-state index contributed by atoms with van der Waals surface area (Å²) in [5.74, 6) is 0.426. The summed E-state index contributed by atoms with van der Waals surface area (Å²) in [6.07, 6.45) is 2.61. The highest BCUT2D eigenvalue weighted by Gasteiger charge is 2.35. The van der Waals surface area contributed by atoms with Gasteiger partial charge in [-0.15, -0.1) is 11.3 Å². The molecule has 1 aliphatic carbocycles. The molecule has 2 N–H and O–H groups in total. The normalized spacial score (nSPS) is 21.3. The number of nitrogens with one attached hydrogen (secondary N) is 1. The van der Waals surface area contributed by atoms with Crippen LogP contribution in [0, 0.1) is 19.8 Å². The van der Waals surface area contributed by atoms with Gasteiger partial charge in [-0.2, -0.15) is 5.10 Å². The minimum Gasteiger partial charge on any atom is -0.393 e. The number of aryl methyl sites for hydroxylation is 3. The van der Waals surface area contributed by atoms with E-state index < -0.39 is 0 Å². The third kappa shape index (κ3) is 4.05.